The molecule has 0 spiro atoms. The molecule has 20 heavy (non-hydrogen) atoms. The van der Waals surface area contributed by atoms with Gasteiger partial charge < -0.3 is 14.9 Å². The zero-order valence-electron chi connectivity index (χ0n) is 10.9. The molecule has 100 valence electrons. The van der Waals surface area contributed by atoms with Gasteiger partial charge in [0, 0.05) is 23.9 Å². The second kappa shape index (κ2) is 5.05. The topological polar surface area (TPSA) is 71.2 Å². The van der Waals surface area contributed by atoms with Crippen LogP contribution in [0.5, 0.6) is 5.75 Å². The number of phenols is 1. The number of aromatic nitrogens is 2. The summed E-state index contributed by atoms with van der Waals surface area (Å²) >= 11 is 0. The van der Waals surface area contributed by atoms with Crippen LogP contribution in [-0.2, 0) is 0 Å². The summed E-state index contributed by atoms with van der Waals surface area (Å²) in [7, 11) is 1.87. The smallest absolute Gasteiger partial charge is 0.258 e. The monoisotopic (exact) mass is 267 g/mol. The molecule has 0 radical (unpaired) electrons. The van der Waals surface area contributed by atoms with Crippen LogP contribution in [0.2, 0.25) is 0 Å². The average molecular weight is 267 g/mol. The third-order valence-corrected chi connectivity index (χ3v) is 2.97. The summed E-state index contributed by atoms with van der Waals surface area (Å²) in [5.74, 6) is 1.17. The van der Waals surface area contributed by atoms with E-state index in [0.29, 0.717) is 11.7 Å². The summed E-state index contributed by atoms with van der Waals surface area (Å²) in [5.41, 5.74) is 2.68. The molecule has 3 aromatic rings. The molecule has 0 bridgehead atoms. The molecule has 0 saturated heterocycles. The van der Waals surface area contributed by atoms with E-state index in [1.54, 1.807) is 24.3 Å². The van der Waals surface area contributed by atoms with Gasteiger partial charge >= 0.3 is 0 Å². The normalized spacial score (nSPS) is 10.4. The molecule has 0 fully saturated rings. The van der Waals surface area contributed by atoms with Gasteiger partial charge in [-0.15, -0.1) is 0 Å². The van der Waals surface area contributed by atoms with Crippen molar-refractivity contribution in [1.82, 2.24) is 10.1 Å². The molecule has 0 atom stereocenters. The van der Waals surface area contributed by atoms with E-state index in [0.717, 1.165) is 16.8 Å². The number of benzene rings is 2. The van der Waals surface area contributed by atoms with Crippen molar-refractivity contribution in [3.63, 3.8) is 0 Å². The maximum absolute atomic E-state index is 9.27. The Morgan fingerprint density at radius 3 is 2.25 bits per heavy atom. The number of phenolic OH excluding ortho intramolecular Hbond substituents is 1. The quantitative estimate of drug-likeness (QED) is 0.762. The maximum atomic E-state index is 9.27. The largest absolute Gasteiger partial charge is 0.508 e. The van der Waals surface area contributed by atoms with Gasteiger partial charge in [0.2, 0.25) is 5.82 Å². The SMILES string of the molecule is CNc1ccc(-c2nc(-c3ccc(O)cc3)no2)cc1. The maximum Gasteiger partial charge on any atom is 0.258 e. The fraction of sp³-hybridized carbons (Fsp3) is 0.0667. The number of nitrogens with zero attached hydrogens (tertiary/aromatic N) is 2. The Labute approximate surface area is 115 Å². The fourth-order valence-corrected chi connectivity index (χ4v) is 1.85. The molecule has 5 heteroatoms. The molecular formula is C15H13N3O2. The van der Waals surface area contributed by atoms with Crippen LogP contribution in [0.4, 0.5) is 5.69 Å². The van der Waals surface area contributed by atoms with Crippen LogP contribution in [-0.4, -0.2) is 22.3 Å². The minimum atomic E-state index is 0.208. The van der Waals surface area contributed by atoms with Crippen molar-refractivity contribution in [3.8, 4) is 28.6 Å². The molecule has 5 nitrogen and oxygen atoms in total. The number of hydrogen-bond acceptors (Lipinski definition) is 5. The highest BCUT2D eigenvalue weighted by molar-refractivity contribution is 5.62. The number of aromatic hydroxyl groups is 1. The number of hydrogen-bond donors (Lipinski definition) is 2. The number of nitrogens with one attached hydrogen (secondary N) is 1. The van der Waals surface area contributed by atoms with E-state index in [-0.39, 0.29) is 5.75 Å². The molecule has 0 aliphatic heterocycles. The molecule has 2 aromatic carbocycles. The Morgan fingerprint density at radius 1 is 0.950 bits per heavy atom. The summed E-state index contributed by atoms with van der Waals surface area (Å²) in [6, 6.07) is 14.4. The van der Waals surface area contributed by atoms with Crippen LogP contribution in [0.1, 0.15) is 0 Å². The molecule has 0 saturated carbocycles. The lowest BCUT2D eigenvalue weighted by atomic mass is 10.2. The van der Waals surface area contributed by atoms with Gasteiger partial charge in [-0.25, -0.2) is 0 Å². The van der Waals surface area contributed by atoms with Gasteiger partial charge in [-0.05, 0) is 48.5 Å². The molecule has 0 aliphatic rings. The summed E-state index contributed by atoms with van der Waals surface area (Å²) in [6.07, 6.45) is 0. The first-order valence-electron chi connectivity index (χ1n) is 6.17. The highest BCUT2D eigenvalue weighted by Crippen LogP contribution is 2.24. The summed E-state index contributed by atoms with van der Waals surface area (Å²) in [6.45, 7) is 0. The van der Waals surface area contributed by atoms with E-state index < -0.39 is 0 Å². The van der Waals surface area contributed by atoms with Gasteiger partial charge in [0.1, 0.15) is 5.75 Å². The van der Waals surface area contributed by atoms with Crippen LogP contribution in [0.3, 0.4) is 0 Å². The first kappa shape index (κ1) is 12.2. The molecule has 1 heterocycles. The number of rotatable bonds is 3. The van der Waals surface area contributed by atoms with E-state index in [2.05, 4.69) is 15.5 Å². The van der Waals surface area contributed by atoms with E-state index in [9.17, 15) is 5.11 Å². The molecule has 0 aliphatic carbocycles. The summed E-state index contributed by atoms with van der Waals surface area (Å²) < 4.78 is 5.26. The minimum Gasteiger partial charge on any atom is -0.508 e. The second-order valence-electron chi connectivity index (χ2n) is 4.30. The van der Waals surface area contributed by atoms with Gasteiger partial charge in [-0.2, -0.15) is 4.98 Å². The Bertz CT molecular complexity index is 703. The van der Waals surface area contributed by atoms with Crippen molar-refractivity contribution in [2.24, 2.45) is 0 Å². The fourth-order valence-electron chi connectivity index (χ4n) is 1.85. The van der Waals surface area contributed by atoms with Gasteiger partial charge in [0.25, 0.3) is 5.89 Å². The zero-order valence-corrected chi connectivity index (χ0v) is 10.9. The molecule has 2 N–H and O–H groups in total. The van der Waals surface area contributed by atoms with Crippen LogP contribution in [0.15, 0.2) is 53.1 Å². The average Bonchev–Trinajstić information content (AvgIpc) is 2.98. The van der Waals surface area contributed by atoms with E-state index in [1.807, 2.05) is 31.3 Å². The third-order valence-electron chi connectivity index (χ3n) is 2.97. The minimum absolute atomic E-state index is 0.208. The Morgan fingerprint density at radius 2 is 1.60 bits per heavy atom. The van der Waals surface area contributed by atoms with Crippen LogP contribution >= 0.6 is 0 Å². The van der Waals surface area contributed by atoms with Gasteiger partial charge in [0.15, 0.2) is 0 Å². The van der Waals surface area contributed by atoms with Gasteiger partial charge in [-0.1, -0.05) is 5.16 Å². The molecule has 1 aromatic heterocycles. The lowest BCUT2D eigenvalue weighted by molar-refractivity contribution is 0.432. The van der Waals surface area contributed by atoms with Crippen molar-refractivity contribution in [3.05, 3.63) is 48.5 Å². The van der Waals surface area contributed by atoms with Crippen LogP contribution in [0.25, 0.3) is 22.8 Å². The zero-order chi connectivity index (χ0) is 13.9. The highest BCUT2D eigenvalue weighted by atomic mass is 16.5. The van der Waals surface area contributed by atoms with Crippen molar-refractivity contribution in [2.45, 2.75) is 0 Å². The predicted octanol–water partition coefficient (Wildman–Crippen LogP) is 3.15. The Balaban J connectivity index is 1.91. The van der Waals surface area contributed by atoms with Gasteiger partial charge in [0.05, 0.1) is 0 Å². The second-order valence-corrected chi connectivity index (χ2v) is 4.30. The Kier molecular flexibility index (Phi) is 3.09. The van der Waals surface area contributed by atoms with Crippen molar-refractivity contribution in [2.75, 3.05) is 12.4 Å². The van der Waals surface area contributed by atoms with Crippen molar-refractivity contribution in [1.29, 1.82) is 0 Å². The van der Waals surface area contributed by atoms with Crippen molar-refractivity contribution < 1.29 is 9.63 Å². The third kappa shape index (κ3) is 2.33. The van der Waals surface area contributed by atoms with E-state index in [4.69, 9.17) is 4.52 Å². The molecule has 0 unspecified atom stereocenters. The highest BCUT2D eigenvalue weighted by Gasteiger charge is 2.10. The van der Waals surface area contributed by atoms with Crippen LogP contribution < -0.4 is 5.32 Å². The Hall–Kier alpha value is -2.82. The standard InChI is InChI=1S/C15H13N3O2/c1-16-12-6-2-11(3-7-12)15-17-14(18-20-15)10-4-8-13(19)9-5-10/h2-9,16,19H,1H3. The predicted molar refractivity (Wildman–Crippen MR) is 76.4 cm³/mol. The molecular weight excluding hydrogens is 254 g/mol. The molecule has 3 rings (SSSR count). The first-order valence-corrected chi connectivity index (χ1v) is 6.17. The van der Waals surface area contributed by atoms with E-state index in [1.165, 1.54) is 0 Å². The summed E-state index contributed by atoms with van der Waals surface area (Å²) in [5, 5.41) is 16.3. The lowest BCUT2D eigenvalue weighted by Crippen LogP contribution is -1.87. The summed E-state index contributed by atoms with van der Waals surface area (Å²) in [4.78, 5) is 4.36. The number of anilines is 1. The molecule has 0 amide bonds. The van der Waals surface area contributed by atoms with Crippen LogP contribution in [0, 0.1) is 0 Å². The van der Waals surface area contributed by atoms with E-state index >= 15 is 0 Å². The van der Waals surface area contributed by atoms with Crippen molar-refractivity contribution >= 4 is 5.69 Å². The first-order chi connectivity index (χ1) is 9.76. The van der Waals surface area contributed by atoms with Gasteiger partial charge in [-0.3, -0.25) is 0 Å². The lowest BCUT2D eigenvalue weighted by Gasteiger charge is -1.99.